The number of carbonyl (C=O) groups is 1. The van der Waals surface area contributed by atoms with E-state index >= 15 is 0 Å². The third-order valence-electron chi connectivity index (χ3n) is 1.62. The van der Waals surface area contributed by atoms with Gasteiger partial charge in [0.05, 0.1) is 13.7 Å². The zero-order chi connectivity index (χ0) is 11.1. The van der Waals surface area contributed by atoms with Crippen LogP contribution < -0.4 is 10.5 Å². The predicted molar refractivity (Wildman–Crippen MR) is 52.8 cm³/mol. The van der Waals surface area contributed by atoms with E-state index in [1.807, 2.05) is 0 Å². The largest absolute Gasteiger partial charge is 0.479 e. The molecule has 0 unspecified atom stereocenters. The van der Waals surface area contributed by atoms with Gasteiger partial charge in [-0.1, -0.05) is 0 Å². The molecule has 0 aromatic carbocycles. The Bertz CT molecular complexity index is 330. The molecule has 0 aliphatic rings. The average Bonchev–Trinajstić information content (AvgIpc) is 2.29. The molecule has 0 radical (unpaired) electrons. The molecule has 0 bridgehead atoms. The summed E-state index contributed by atoms with van der Waals surface area (Å²) in [5.41, 5.74) is 5.40. The summed E-state index contributed by atoms with van der Waals surface area (Å²) in [5, 5.41) is 0. The maximum absolute atomic E-state index is 11.6. The van der Waals surface area contributed by atoms with Crippen molar-refractivity contribution in [1.82, 2.24) is 9.97 Å². The van der Waals surface area contributed by atoms with Crippen LogP contribution >= 0.6 is 0 Å². The second-order valence-corrected chi connectivity index (χ2v) is 2.68. The molecule has 0 fully saturated rings. The van der Waals surface area contributed by atoms with Gasteiger partial charge in [0.25, 0.3) is 0 Å². The molecular weight excluding hydrogens is 198 g/mol. The lowest BCUT2D eigenvalue weighted by atomic mass is 10.3. The third-order valence-corrected chi connectivity index (χ3v) is 1.62. The highest BCUT2D eigenvalue weighted by atomic mass is 16.5. The van der Waals surface area contributed by atoms with E-state index in [1.54, 1.807) is 0 Å². The lowest BCUT2D eigenvalue weighted by molar-refractivity contribution is 0.0765. The van der Waals surface area contributed by atoms with E-state index in [1.165, 1.54) is 19.5 Å². The highest BCUT2D eigenvalue weighted by Gasteiger charge is 2.14. The number of hydrogen-bond donors (Lipinski definition) is 1. The Morgan fingerprint density at radius 3 is 2.87 bits per heavy atom. The van der Waals surface area contributed by atoms with E-state index < -0.39 is 0 Å². The van der Waals surface area contributed by atoms with Crippen molar-refractivity contribution in [3.05, 3.63) is 18.1 Å². The van der Waals surface area contributed by atoms with Crippen molar-refractivity contribution in [2.45, 2.75) is 0 Å². The van der Waals surface area contributed by atoms with Gasteiger partial charge in [-0.05, 0) is 0 Å². The molecule has 0 aliphatic carbocycles. The van der Waals surface area contributed by atoms with Crippen molar-refractivity contribution in [3.63, 3.8) is 0 Å². The number of ether oxygens (including phenoxy) is 2. The molecule has 0 spiro atoms. The Hall–Kier alpha value is -1.53. The average molecular weight is 211 g/mol. The van der Waals surface area contributed by atoms with Gasteiger partial charge >= 0.3 is 0 Å². The number of ketones is 1. The standard InChI is InChI=1S/C9H13N3O3/c1-14-9-8(11-3-4-12-9)7(13)6-15-5-2-10/h3-4H,2,5-6,10H2,1H3. The normalized spacial score (nSPS) is 10.0. The minimum atomic E-state index is -0.270. The first kappa shape index (κ1) is 11.5. The Kier molecular flexibility index (Phi) is 4.65. The number of Topliss-reactive ketones (excluding diaryl/α,β-unsaturated/α-hetero) is 1. The van der Waals surface area contributed by atoms with Gasteiger partial charge in [-0.25, -0.2) is 9.97 Å². The van der Waals surface area contributed by atoms with Crippen molar-refractivity contribution >= 4 is 5.78 Å². The monoisotopic (exact) mass is 211 g/mol. The molecule has 0 aliphatic heterocycles. The zero-order valence-electron chi connectivity index (χ0n) is 8.47. The van der Waals surface area contributed by atoms with Crippen LogP contribution in [0.4, 0.5) is 0 Å². The molecule has 82 valence electrons. The van der Waals surface area contributed by atoms with Gasteiger partial charge in [-0.15, -0.1) is 0 Å². The van der Waals surface area contributed by atoms with E-state index in [4.69, 9.17) is 15.2 Å². The predicted octanol–water partition coefficient (Wildman–Crippen LogP) is -0.357. The fraction of sp³-hybridized carbons (Fsp3) is 0.444. The number of nitrogens with zero attached hydrogens (tertiary/aromatic N) is 2. The minimum absolute atomic E-state index is 0.0632. The first-order chi connectivity index (χ1) is 7.29. The van der Waals surface area contributed by atoms with Gasteiger partial charge in [0.15, 0.2) is 5.69 Å². The fourth-order valence-electron chi connectivity index (χ4n) is 0.982. The summed E-state index contributed by atoms with van der Waals surface area (Å²) >= 11 is 0. The van der Waals surface area contributed by atoms with Crippen LogP contribution in [0, 0.1) is 0 Å². The Morgan fingerprint density at radius 2 is 2.20 bits per heavy atom. The first-order valence-corrected chi connectivity index (χ1v) is 4.45. The summed E-state index contributed by atoms with van der Waals surface area (Å²) in [6.45, 7) is 0.658. The van der Waals surface area contributed by atoms with Crippen molar-refractivity contribution in [2.24, 2.45) is 5.73 Å². The summed E-state index contributed by atoms with van der Waals surface area (Å²) < 4.78 is 9.90. The molecule has 1 aromatic heterocycles. The molecule has 1 heterocycles. The van der Waals surface area contributed by atoms with Crippen LogP contribution in [-0.2, 0) is 4.74 Å². The van der Waals surface area contributed by atoms with Crippen molar-refractivity contribution < 1.29 is 14.3 Å². The summed E-state index contributed by atoms with van der Waals surface area (Å²) in [6.07, 6.45) is 2.88. The number of hydrogen-bond acceptors (Lipinski definition) is 6. The van der Waals surface area contributed by atoms with Crippen LogP contribution in [0.25, 0.3) is 0 Å². The lowest BCUT2D eigenvalue weighted by Gasteiger charge is -2.04. The fourth-order valence-corrected chi connectivity index (χ4v) is 0.982. The molecule has 0 saturated carbocycles. The smallest absolute Gasteiger partial charge is 0.243 e. The van der Waals surface area contributed by atoms with E-state index in [2.05, 4.69) is 9.97 Å². The minimum Gasteiger partial charge on any atom is -0.479 e. The molecule has 6 heteroatoms. The van der Waals surface area contributed by atoms with Gasteiger partial charge in [0.2, 0.25) is 11.7 Å². The van der Waals surface area contributed by atoms with Gasteiger partial charge < -0.3 is 15.2 Å². The van der Waals surface area contributed by atoms with Crippen LogP contribution in [-0.4, -0.2) is 42.6 Å². The Morgan fingerprint density at radius 1 is 1.47 bits per heavy atom. The Balaban J connectivity index is 2.64. The molecular formula is C9H13N3O3. The molecule has 1 aromatic rings. The Labute approximate surface area is 87.4 Å². The molecule has 0 saturated heterocycles. The van der Waals surface area contributed by atoms with Crippen LogP contribution in [0.3, 0.4) is 0 Å². The van der Waals surface area contributed by atoms with E-state index in [9.17, 15) is 4.79 Å². The number of aromatic nitrogens is 2. The summed E-state index contributed by atoms with van der Waals surface area (Å²) in [6, 6.07) is 0. The maximum Gasteiger partial charge on any atom is 0.243 e. The maximum atomic E-state index is 11.6. The number of nitrogens with two attached hydrogens (primary N) is 1. The van der Waals surface area contributed by atoms with E-state index in [0.29, 0.717) is 13.2 Å². The third kappa shape index (κ3) is 3.26. The second kappa shape index (κ2) is 6.05. The topological polar surface area (TPSA) is 87.3 Å². The number of carbonyl (C=O) groups excluding carboxylic acids is 1. The SMILES string of the molecule is COc1nccnc1C(=O)COCCN. The molecule has 0 atom stereocenters. The molecule has 2 N–H and O–H groups in total. The van der Waals surface area contributed by atoms with E-state index in [-0.39, 0.29) is 24.0 Å². The first-order valence-electron chi connectivity index (χ1n) is 4.45. The van der Waals surface area contributed by atoms with Crippen molar-refractivity contribution in [3.8, 4) is 5.88 Å². The van der Waals surface area contributed by atoms with Gasteiger partial charge in [0, 0.05) is 18.9 Å². The molecule has 6 nitrogen and oxygen atoms in total. The van der Waals surface area contributed by atoms with Crippen LogP contribution in [0.15, 0.2) is 12.4 Å². The zero-order valence-corrected chi connectivity index (χ0v) is 8.47. The van der Waals surface area contributed by atoms with Gasteiger partial charge in [-0.3, -0.25) is 4.79 Å². The van der Waals surface area contributed by atoms with Crippen LogP contribution in [0.2, 0.25) is 0 Å². The second-order valence-electron chi connectivity index (χ2n) is 2.68. The lowest BCUT2D eigenvalue weighted by Crippen LogP contribution is -2.16. The summed E-state index contributed by atoms with van der Waals surface area (Å²) in [7, 11) is 1.43. The highest BCUT2D eigenvalue weighted by molar-refractivity contribution is 5.97. The quantitative estimate of drug-likeness (QED) is 0.511. The number of methoxy groups -OCH3 is 1. The highest BCUT2D eigenvalue weighted by Crippen LogP contribution is 2.10. The molecule has 15 heavy (non-hydrogen) atoms. The van der Waals surface area contributed by atoms with Gasteiger partial charge in [-0.2, -0.15) is 0 Å². The van der Waals surface area contributed by atoms with Crippen LogP contribution in [0.5, 0.6) is 5.88 Å². The van der Waals surface area contributed by atoms with Crippen LogP contribution in [0.1, 0.15) is 10.5 Å². The molecule has 0 amide bonds. The summed E-state index contributed by atoms with van der Waals surface area (Å²) in [4.78, 5) is 19.3. The van der Waals surface area contributed by atoms with Gasteiger partial charge in [0.1, 0.15) is 6.61 Å². The molecule has 1 rings (SSSR count). The summed E-state index contributed by atoms with van der Waals surface area (Å²) in [5.74, 6) is -0.0627. The van der Waals surface area contributed by atoms with E-state index in [0.717, 1.165) is 0 Å². The van der Waals surface area contributed by atoms with Crippen molar-refractivity contribution in [1.29, 1.82) is 0 Å². The number of rotatable bonds is 6. The van der Waals surface area contributed by atoms with Crippen molar-refractivity contribution in [2.75, 3.05) is 26.9 Å².